The molecule has 7 nitrogen and oxygen atoms in total. The molecule has 7 heteroatoms. The van der Waals surface area contributed by atoms with Crippen LogP contribution < -0.4 is 5.32 Å². The highest BCUT2D eigenvalue weighted by atomic mass is 16.5. The van der Waals surface area contributed by atoms with Crippen molar-refractivity contribution in [1.29, 1.82) is 0 Å². The molecule has 1 fully saturated rings. The Morgan fingerprint density at radius 2 is 1.68 bits per heavy atom. The molecule has 2 heterocycles. The summed E-state index contributed by atoms with van der Waals surface area (Å²) in [4.78, 5) is 42.5. The van der Waals surface area contributed by atoms with Crippen LogP contribution >= 0.6 is 0 Å². The van der Waals surface area contributed by atoms with Crippen LogP contribution in [0.3, 0.4) is 0 Å². The van der Waals surface area contributed by atoms with Gasteiger partial charge in [-0.25, -0.2) is 4.79 Å². The monoisotopic (exact) mass is 381 g/mol. The van der Waals surface area contributed by atoms with Crippen molar-refractivity contribution in [3.63, 3.8) is 0 Å². The van der Waals surface area contributed by atoms with E-state index in [-0.39, 0.29) is 11.8 Å². The third-order valence-corrected chi connectivity index (χ3v) is 4.88. The molecule has 0 spiro atoms. The molecular weight excluding hydrogens is 358 g/mol. The fourth-order valence-corrected chi connectivity index (χ4v) is 3.09. The van der Waals surface area contributed by atoms with E-state index in [4.69, 9.17) is 0 Å². The van der Waals surface area contributed by atoms with Crippen molar-refractivity contribution in [2.45, 2.75) is 19.8 Å². The van der Waals surface area contributed by atoms with E-state index in [1.54, 1.807) is 30.3 Å². The first-order valence-electron chi connectivity index (χ1n) is 9.22. The summed E-state index contributed by atoms with van der Waals surface area (Å²) in [5.41, 5.74) is 1.63. The minimum absolute atomic E-state index is 0.100. The van der Waals surface area contributed by atoms with Crippen LogP contribution in [-0.4, -0.2) is 47.9 Å². The number of carbonyl (C=O) groups is 3. The number of likely N-dealkylation sites (tertiary alicyclic amines) is 1. The van der Waals surface area contributed by atoms with Gasteiger partial charge in [-0.15, -0.1) is 0 Å². The van der Waals surface area contributed by atoms with Gasteiger partial charge in [0.05, 0.1) is 23.8 Å². The maximum Gasteiger partial charge on any atom is 0.337 e. The number of aromatic nitrogens is 1. The van der Waals surface area contributed by atoms with E-state index in [1.165, 1.54) is 19.5 Å². The van der Waals surface area contributed by atoms with E-state index in [9.17, 15) is 14.4 Å². The maximum absolute atomic E-state index is 12.7. The van der Waals surface area contributed by atoms with E-state index < -0.39 is 5.97 Å². The van der Waals surface area contributed by atoms with Gasteiger partial charge < -0.3 is 15.0 Å². The van der Waals surface area contributed by atoms with E-state index in [1.807, 2.05) is 4.90 Å². The molecule has 28 heavy (non-hydrogen) atoms. The summed E-state index contributed by atoms with van der Waals surface area (Å²) in [5, 5.41) is 2.74. The van der Waals surface area contributed by atoms with Crippen LogP contribution in [-0.2, 0) is 4.74 Å². The zero-order chi connectivity index (χ0) is 20.1. The first-order valence-corrected chi connectivity index (χ1v) is 9.22. The van der Waals surface area contributed by atoms with Crippen LogP contribution in [0.25, 0.3) is 0 Å². The van der Waals surface area contributed by atoms with Crippen molar-refractivity contribution in [3.8, 4) is 0 Å². The van der Waals surface area contributed by atoms with Crippen LogP contribution in [0.1, 0.15) is 50.8 Å². The van der Waals surface area contributed by atoms with Crippen molar-refractivity contribution in [1.82, 2.24) is 9.88 Å². The Hall–Kier alpha value is -3.22. The standard InChI is InChI=1S/C21H23N3O4/c1-14-7-9-24(10-8-14)20(26)17-11-16(12-22-13-17)19(25)23-18-5-3-15(4-6-18)21(27)28-2/h3-6,11-14H,7-10H2,1-2H3,(H,23,25). The number of rotatable bonds is 4. The van der Waals surface area contributed by atoms with Gasteiger partial charge in [-0.2, -0.15) is 0 Å². The number of benzene rings is 1. The first-order chi connectivity index (χ1) is 13.5. The number of methoxy groups -OCH3 is 1. The van der Waals surface area contributed by atoms with Crippen molar-refractivity contribution in [3.05, 3.63) is 59.4 Å². The summed E-state index contributed by atoms with van der Waals surface area (Å²) in [5.74, 6) is -0.290. The Kier molecular flexibility index (Phi) is 6.03. The molecule has 146 valence electrons. The number of esters is 1. The minimum atomic E-state index is -0.444. The highest BCUT2D eigenvalue weighted by Gasteiger charge is 2.22. The minimum Gasteiger partial charge on any atom is -0.465 e. The quantitative estimate of drug-likeness (QED) is 0.823. The number of carbonyl (C=O) groups excluding carboxylic acids is 3. The summed E-state index contributed by atoms with van der Waals surface area (Å²) < 4.78 is 4.65. The van der Waals surface area contributed by atoms with Gasteiger partial charge in [-0.1, -0.05) is 6.92 Å². The molecule has 0 atom stereocenters. The van der Waals surface area contributed by atoms with Gasteiger partial charge in [-0.3, -0.25) is 14.6 Å². The lowest BCUT2D eigenvalue weighted by atomic mass is 9.98. The molecule has 2 aromatic rings. The van der Waals surface area contributed by atoms with Crippen molar-refractivity contribution < 1.29 is 19.1 Å². The van der Waals surface area contributed by atoms with Crippen LogP contribution in [0.15, 0.2) is 42.7 Å². The largest absolute Gasteiger partial charge is 0.465 e. The lowest BCUT2D eigenvalue weighted by Gasteiger charge is -2.30. The number of anilines is 1. The lowest BCUT2D eigenvalue weighted by Crippen LogP contribution is -2.38. The zero-order valence-corrected chi connectivity index (χ0v) is 16.0. The van der Waals surface area contributed by atoms with E-state index in [0.29, 0.717) is 28.3 Å². The van der Waals surface area contributed by atoms with Crippen LogP contribution in [0, 0.1) is 5.92 Å². The second kappa shape index (κ2) is 8.65. The molecule has 2 amide bonds. The first kappa shape index (κ1) is 19.5. The molecule has 1 aliphatic heterocycles. The molecule has 0 bridgehead atoms. The number of nitrogens with zero attached hydrogens (tertiary/aromatic N) is 2. The second-order valence-electron chi connectivity index (χ2n) is 6.96. The molecule has 0 unspecified atom stereocenters. The van der Waals surface area contributed by atoms with Crippen molar-refractivity contribution >= 4 is 23.5 Å². The Morgan fingerprint density at radius 3 is 2.32 bits per heavy atom. The van der Waals surface area contributed by atoms with Gasteiger partial charge in [0.2, 0.25) is 0 Å². The number of amides is 2. The predicted molar refractivity (Wildman–Crippen MR) is 104 cm³/mol. The van der Waals surface area contributed by atoms with Crippen LogP contribution in [0.2, 0.25) is 0 Å². The van der Waals surface area contributed by atoms with Gasteiger partial charge in [0, 0.05) is 31.2 Å². The molecule has 0 radical (unpaired) electrons. The number of nitrogens with one attached hydrogen (secondary N) is 1. The summed E-state index contributed by atoms with van der Waals surface area (Å²) in [6, 6.07) is 7.92. The molecule has 0 saturated carbocycles. The van der Waals surface area contributed by atoms with Gasteiger partial charge >= 0.3 is 5.97 Å². The molecule has 3 rings (SSSR count). The summed E-state index contributed by atoms with van der Waals surface area (Å²) in [7, 11) is 1.31. The van der Waals surface area contributed by atoms with Crippen LogP contribution in [0.4, 0.5) is 5.69 Å². The fraction of sp³-hybridized carbons (Fsp3) is 0.333. The van der Waals surface area contributed by atoms with Crippen LogP contribution in [0.5, 0.6) is 0 Å². The third kappa shape index (κ3) is 4.54. The number of hydrogen-bond donors (Lipinski definition) is 1. The topological polar surface area (TPSA) is 88.6 Å². The summed E-state index contributed by atoms with van der Waals surface area (Å²) in [6.07, 6.45) is 4.89. The van der Waals surface area contributed by atoms with Gasteiger partial charge in [0.25, 0.3) is 11.8 Å². The molecule has 1 saturated heterocycles. The highest BCUT2D eigenvalue weighted by molar-refractivity contribution is 6.06. The smallest absolute Gasteiger partial charge is 0.337 e. The number of hydrogen-bond acceptors (Lipinski definition) is 5. The Labute approximate surface area is 163 Å². The van der Waals surface area contributed by atoms with E-state index in [2.05, 4.69) is 22.0 Å². The average molecular weight is 381 g/mol. The Morgan fingerprint density at radius 1 is 1.04 bits per heavy atom. The average Bonchev–Trinajstić information content (AvgIpc) is 2.74. The Bertz CT molecular complexity index is 871. The van der Waals surface area contributed by atoms with Gasteiger partial charge in [0.15, 0.2) is 0 Å². The summed E-state index contributed by atoms with van der Waals surface area (Å²) in [6.45, 7) is 3.64. The zero-order valence-electron chi connectivity index (χ0n) is 16.0. The highest BCUT2D eigenvalue weighted by Crippen LogP contribution is 2.19. The fourth-order valence-electron chi connectivity index (χ4n) is 3.09. The lowest BCUT2D eigenvalue weighted by molar-refractivity contribution is 0.0600. The van der Waals surface area contributed by atoms with Crippen molar-refractivity contribution in [2.75, 3.05) is 25.5 Å². The second-order valence-corrected chi connectivity index (χ2v) is 6.96. The third-order valence-electron chi connectivity index (χ3n) is 4.88. The normalized spacial score (nSPS) is 14.4. The number of ether oxygens (including phenoxy) is 1. The van der Waals surface area contributed by atoms with E-state index in [0.717, 1.165) is 25.9 Å². The molecule has 1 aliphatic rings. The predicted octanol–water partition coefficient (Wildman–Crippen LogP) is 2.99. The Balaban J connectivity index is 1.68. The molecule has 1 aromatic carbocycles. The molecule has 1 aromatic heterocycles. The van der Waals surface area contributed by atoms with Crippen molar-refractivity contribution in [2.24, 2.45) is 5.92 Å². The number of pyridine rings is 1. The van der Waals surface area contributed by atoms with Gasteiger partial charge in [0.1, 0.15) is 0 Å². The van der Waals surface area contributed by atoms with Gasteiger partial charge in [-0.05, 0) is 49.1 Å². The van der Waals surface area contributed by atoms with E-state index >= 15 is 0 Å². The molecule has 0 aliphatic carbocycles. The molecular formula is C21H23N3O4. The maximum atomic E-state index is 12.7. The SMILES string of the molecule is COC(=O)c1ccc(NC(=O)c2cncc(C(=O)N3CCC(C)CC3)c2)cc1. The molecule has 1 N–H and O–H groups in total. The number of piperidine rings is 1. The summed E-state index contributed by atoms with van der Waals surface area (Å²) >= 11 is 0.